The molecule has 1 rings (SSSR count). The van der Waals surface area contributed by atoms with Crippen LogP contribution in [0.15, 0.2) is 10.2 Å². The smallest absolute Gasteiger partial charge is 0.328 e. The first-order valence-corrected chi connectivity index (χ1v) is 6.06. The van der Waals surface area contributed by atoms with Crippen molar-refractivity contribution in [3.8, 4) is 0 Å². The van der Waals surface area contributed by atoms with Crippen molar-refractivity contribution in [1.29, 1.82) is 0 Å². The molecule has 0 unspecified atom stereocenters. The van der Waals surface area contributed by atoms with Crippen LogP contribution in [-0.2, 0) is 16.1 Å². The van der Waals surface area contributed by atoms with E-state index in [4.69, 9.17) is 5.11 Å². The predicted octanol–water partition coefficient (Wildman–Crippen LogP) is -0.832. The van der Waals surface area contributed by atoms with Gasteiger partial charge in [0.15, 0.2) is 6.04 Å². The Morgan fingerprint density at radius 1 is 1.56 bits per heavy atom. The van der Waals surface area contributed by atoms with Crippen LogP contribution in [0.2, 0.25) is 0 Å². The van der Waals surface area contributed by atoms with Crippen molar-refractivity contribution in [2.24, 2.45) is 0 Å². The summed E-state index contributed by atoms with van der Waals surface area (Å²) in [5, 5.41) is 21.8. The highest BCUT2D eigenvalue weighted by atomic mass is 32.1. The lowest BCUT2D eigenvalue weighted by Crippen LogP contribution is -2.49. The monoisotopic (exact) mass is 274 g/mol. The number of carbonyl (C=O) groups is 2. The summed E-state index contributed by atoms with van der Waals surface area (Å²) in [7, 11) is 0. The van der Waals surface area contributed by atoms with E-state index in [-0.39, 0.29) is 11.4 Å². The molecule has 0 radical (unpaired) electrons. The van der Waals surface area contributed by atoms with Crippen LogP contribution in [0.1, 0.15) is 12.6 Å². The number of hydrogen-bond acceptors (Lipinski definition) is 5. The van der Waals surface area contributed by atoms with Gasteiger partial charge >= 0.3 is 10.8 Å². The van der Waals surface area contributed by atoms with Crippen LogP contribution in [-0.4, -0.2) is 38.8 Å². The molecular weight excluding hydrogens is 260 g/mol. The summed E-state index contributed by atoms with van der Waals surface area (Å²) in [6.07, 6.45) is -1.22. The molecule has 8 heteroatoms. The molecule has 100 valence electrons. The van der Waals surface area contributed by atoms with Crippen molar-refractivity contribution in [3.05, 3.63) is 20.7 Å². The Labute approximate surface area is 107 Å². The molecule has 0 bridgehead atoms. The summed E-state index contributed by atoms with van der Waals surface area (Å²) in [5.41, 5.74) is 0.629. The van der Waals surface area contributed by atoms with E-state index in [1.54, 1.807) is 12.3 Å². The average Bonchev–Trinajstić information content (AvgIpc) is 2.56. The lowest BCUT2D eigenvalue weighted by molar-refractivity contribution is -0.144. The number of aryl methyl sites for hydroxylation is 1. The van der Waals surface area contributed by atoms with E-state index in [9.17, 15) is 19.5 Å². The van der Waals surface area contributed by atoms with Crippen molar-refractivity contribution < 1.29 is 19.8 Å². The number of nitrogens with one attached hydrogen (secondary N) is 1. The number of aliphatic carboxylic acids is 1. The van der Waals surface area contributed by atoms with E-state index in [2.05, 4.69) is 5.32 Å². The zero-order valence-corrected chi connectivity index (χ0v) is 10.7. The van der Waals surface area contributed by atoms with Crippen molar-refractivity contribution in [2.45, 2.75) is 32.5 Å². The van der Waals surface area contributed by atoms with Crippen LogP contribution in [0.25, 0.3) is 0 Å². The third-order valence-electron chi connectivity index (χ3n) is 2.34. The molecule has 1 aromatic rings. The molecule has 0 spiro atoms. The van der Waals surface area contributed by atoms with E-state index >= 15 is 0 Å². The number of aliphatic hydroxyl groups is 1. The maximum Gasteiger partial charge on any atom is 0.328 e. The van der Waals surface area contributed by atoms with E-state index in [1.807, 2.05) is 0 Å². The normalized spacial score (nSPS) is 13.9. The minimum absolute atomic E-state index is 0.259. The maximum absolute atomic E-state index is 11.6. The fourth-order valence-corrected chi connectivity index (χ4v) is 2.08. The Morgan fingerprint density at radius 3 is 2.56 bits per heavy atom. The summed E-state index contributed by atoms with van der Waals surface area (Å²) in [6, 6.07) is -1.38. The van der Waals surface area contributed by atoms with Gasteiger partial charge in [-0.05, 0) is 13.8 Å². The highest BCUT2D eigenvalue weighted by molar-refractivity contribution is 7.07. The van der Waals surface area contributed by atoms with Crippen LogP contribution < -0.4 is 10.2 Å². The topological polar surface area (TPSA) is 109 Å². The standard InChI is InChI=1S/C10H14N2O5S/c1-5-4-18-10(17)12(5)3-7(14)11-8(6(2)13)9(15)16/h4,6,8,13H,3H2,1-2H3,(H,11,14)(H,15,16)/t6-,8+/m1/s1. The van der Waals surface area contributed by atoms with Gasteiger partial charge in [0, 0.05) is 11.1 Å². The molecule has 0 saturated carbocycles. The summed E-state index contributed by atoms with van der Waals surface area (Å²) < 4.78 is 1.24. The highest BCUT2D eigenvalue weighted by Gasteiger charge is 2.25. The summed E-state index contributed by atoms with van der Waals surface area (Å²) >= 11 is 0.966. The Kier molecular flexibility index (Phi) is 4.62. The van der Waals surface area contributed by atoms with Gasteiger partial charge in [0.2, 0.25) is 5.91 Å². The number of aromatic nitrogens is 1. The van der Waals surface area contributed by atoms with Crippen molar-refractivity contribution in [2.75, 3.05) is 0 Å². The van der Waals surface area contributed by atoms with E-state index in [0.29, 0.717) is 5.69 Å². The number of thiazole rings is 1. The second kappa shape index (κ2) is 5.78. The van der Waals surface area contributed by atoms with Gasteiger partial charge in [-0.25, -0.2) is 4.79 Å². The van der Waals surface area contributed by atoms with Crippen molar-refractivity contribution in [1.82, 2.24) is 9.88 Å². The van der Waals surface area contributed by atoms with E-state index in [0.717, 1.165) is 11.3 Å². The minimum Gasteiger partial charge on any atom is -0.480 e. The van der Waals surface area contributed by atoms with Gasteiger partial charge in [-0.1, -0.05) is 11.3 Å². The molecule has 7 nitrogen and oxygen atoms in total. The SMILES string of the molecule is Cc1csc(=O)n1CC(=O)N[C@H](C(=O)O)[C@@H](C)O. The highest BCUT2D eigenvalue weighted by Crippen LogP contribution is 2.00. The molecule has 0 aromatic carbocycles. The van der Waals surface area contributed by atoms with Crippen LogP contribution in [0.5, 0.6) is 0 Å². The Morgan fingerprint density at radius 2 is 2.17 bits per heavy atom. The van der Waals surface area contributed by atoms with Gasteiger partial charge in [-0.2, -0.15) is 0 Å². The molecule has 0 aliphatic rings. The first-order chi connectivity index (χ1) is 8.32. The number of aliphatic hydroxyl groups excluding tert-OH is 1. The zero-order chi connectivity index (χ0) is 13.9. The third-order valence-corrected chi connectivity index (χ3v) is 3.22. The van der Waals surface area contributed by atoms with E-state index in [1.165, 1.54) is 11.5 Å². The number of rotatable bonds is 5. The Bertz CT molecular complexity index is 505. The third kappa shape index (κ3) is 3.41. The minimum atomic E-state index is -1.38. The molecule has 1 amide bonds. The number of carboxylic acids is 1. The van der Waals surface area contributed by atoms with E-state index < -0.39 is 24.0 Å². The summed E-state index contributed by atoms with van der Waals surface area (Å²) in [6.45, 7) is 2.68. The van der Waals surface area contributed by atoms with Gasteiger partial charge in [0.1, 0.15) is 6.54 Å². The van der Waals surface area contributed by atoms with Gasteiger partial charge in [0.25, 0.3) is 0 Å². The summed E-state index contributed by atoms with van der Waals surface area (Å²) in [4.78, 5) is 33.4. The van der Waals surface area contributed by atoms with Crippen LogP contribution in [0, 0.1) is 6.92 Å². The molecule has 18 heavy (non-hydrogen) atoms. The largest absolute Gasteiger partial charge is 0.480 e. The fraction of sp³-hybridized carbons (Fsp3) is 0.500. The van der Waals surface area contributed by atoms with Gasteiger partial charge in [-0.3, -0.25) is 14.2 Å². The quantitative estimate of drug-likeness (QED) is 0.649. The average molecular weight is 274 g/mol. The molecule has 0 aliphatic heterocycles. The predicted molar refractivity (Wildman–Crippen MR) is 64.6 cm³/mol. The van der Waals surface area contributed by atoms with Gasteiger partial charge in [0.05, 0.1) is 6.10 Å². The van der Waals surface area contributed by atoms with Gasteiger partial charge < -0.3 is 15.5 Å². The lowest BCUT2D eigenvalue weighted by atomic mass is 10.2. The second-order valence-electron chi connectivity index (χ2n) is 3.85. The number of nitrogens with zero attached hydrogens (tertiary/aromatic N) is 1. The fourth-order valence-electron chi connectivity index (χ4n) is 1.35. The maximum atomic E-state index is 11.6. The van der Waals surface area contributed by atoms with Crippen molar-refractivity contribution >= 4 is 23.2 Å². The number of carbonyl (C=O) groups excluding carboxylic acids is 1. The second-order valence-corrected chi connectivity index (χ2v) is 4.67. The van der Waals surface area contributed by atoms with Gasteiger partial charge in [-0.15, -0.1) is 0 Å². The van der Waals surface area contributed by atoms with Crippen LogP contribution in [0.4, 0.5) is 0 Å². The Hall–Kier alpha value is -1.67. The Balaban J connectivity index is 2.73. The summed E-state index contributed by atoms with van der Waals surface area (Å²) in [5.74, 6) is -1.96. The number of amides is 1. The van der Waals surface area contributed by atoms with Crippen LogP contribution >= 0.6 is 11.3 Å². The molecule has 0 saturated heterocycles. The molecule has 3 N–H and O–H groups in total. The van der Waals surface area contributed by atoms with Crippen molar-refractivity contribution in [3.63, 3.8) is 0 Å². The lowest BCUT2D eigenvalue weighted by Gasteiger charge is -2.17. The zero-order valence-electron chi connectivity index (χ0n) is 9.91. The molecule has 1 heterocycles. The van der Waals surface area contributed by atoms with Crippen LogP contribution in [0.3, 0.4) is 0 Å². The molecule has 2 atom stereocenters. The first-order valence-electron chi connectivity index (χ1n) is 5.18. The number of hydrogen-bond donors (Lipinski definition) is 3. The molecule has 1 aromatic heterocycles. The number of carboxylic acid groups (broad SMARTS) is 1. The molecule has 0 aliphatic carbocycles. The molecular formula is C10H14N2O5S. The molecule has 0 fully saturated rings. The first kappa shape index (κ1) is 14.4.